The van der Waals surface area contributed by atoms with Gasteiger partial charge in [-0.05, 0) is 89.5 Å². The zero-order valence-corrected chi connectivity index (χ0v) is 34.6. The largest absolute Gasteiger partial charge is 0.309 e. The van der Waals surface area contributed by atoms with Gasteiger partial charge in [-0.2, -0.15) is 0 Å². The number of rotatable bonds is 7. The van der Waals surface area contributed by atoms with Crippen molar-refractivity contribution in [2.24, 2.45) is 4.99 Å². The van der Waals surface area contributed by atoms with E-state index in [0.29, 0.717) is 0 Å². The van der Waals surface area contributed by atoms with E-state index in [9.17, 15) is 0 Å². The second kappa shape index (κ2) is 15.6. The highest BCUT2D eigenvalue weighted by atomic mass is 15.0. The van der Waals surface area contributed by atoms with Gasteiger partial charge in [-0.3, -0.25) is 4.98 Å². The van der Waals surface area contributed by atoms with Crippen LogP contribution >= 0.6 is 0 Å². The monoisotopic (exact) mass is 815 g/mol. The van der Waals surface area contributed by atoms with Crippen LogP contribution < -0.4 is 0 Å². The lowest BCUT2D eigenvalue weighted by Gasteiger charge is -2.11. The van der Waals surface area contributed by atoms with Gasteiger partial charge in [-0.25, -0.2) is 15.0 Å². The summed E-state index contributed by atoms with van der Waals surface area (Å²) in [6.07, 6.45) is 5.97. The lowest BCUT2D eigenvalue weighted by molar-refractivity contribution is 1.18. The van der Waals surface area contributed by atoms with Gasteiger partial charge in [0.25, 0.3) is 0 Å². The van der Waals surface area contributed by atoms with Gasteiger partial charge in [0.1, 0.15) is 0 Å². The Hall–Kier alpha value is -8.76. The number of aromatic nitrogens is 4. The standard InChI is InChI=1S/C59H37N5/c1-2-11-39(12-3-1)51-30-28-46(43-13-10-14-48(36-43)64-58-18-6-4-15-49(58)50-16-5-7-19-59(50)64)38-56(62-51)41-22-20-40(21-23-41)52-32-29-47-35-44(27-31-53(47)61-52)45-25-24-42-26-33-55(63-57(42)37-45)54-17-8-9-34-60-54/h1-27,29-38H. The highest BCUT2D eigenvalue weighted by Crippen LogP contribution is 2.35. The molecule has 0 saturated carbocycles. The first-order chi connectivity index (χ1) is 31.7. The van der Waals surface area contributed by atoms with Crippen LogP contribution in [0.15, 0.2) is 235 Å². The molecular formula is C59H37N5. The molecule has 1 aliphatic heterocycles. The summed E-state index contributed by atoms with van der Waals surface area (Å²) in [7, 11) is 0. The van der Waals surface area contributed by atoms with Gasteiger partial charge in [-0.15, -0.1) is 5.73 Å². The third kappa shape index (κ3) is 6.79. The van der Waals surface area contributed by atoms with Gasteiger partial charge < -0.3 is 4.57 Å². The number of benzene rings is 7. The molecular weight excluding hydrogens is 779 g/mol. The van der Waals surface area contributed by atoms with Crippen LogP contribution in [0.5, 0.6) is 0 Å². The third-order valence-corrected chi connectivity index (χ3v) is 12.1. The van der Waals surface area contributed by atoms with Crippen molar-refractivity contribution in [3.05, 3.63) is 247 Å². The Balaban J connectivity index is 0.865. The van der Waals surface area contributed by atoms with Crippen LogP contribution in [0.3, 0.4) is 0 Å². The molecule has 5 heterocycles. The molecule has 0 radical (unpaired) electrons. The molecule has 4 aromatic heterocycles. The maximum atomic E-state index is 5.27. The summed E-state index contributed by atoms with van der Waals surface area (Å²) in [5, 5.41) is 4.65. The molecule has 0 fully saturated rings. The van der Waals surface area contributed by atoms with Gasteiger partial charge in [0.15, 0.2) is 0 Å². The summed E-state index contributed by atoms with van der Waals surface area (Å²) in [6, 6.07) is 72.1. The van der Waals surface area contributed by atoms with Crippen LogP contribution in [0.1, 0.15) is 16.7 Å². The van der Waals surface area contributed by atoms with Crippen LogP contribution in [0.2, 0.25) is 0 Å². The molecule has 0 spiro atoms. The van der Waals surface area contributed by atoms with Gasteiger partial charge in [0.05, 0.1) is 50.6 Å². The van der Waals surface area contributed by atoms with Crippen LogP contribution in [0, 0.1) is 0 Å². The molecule has 298 valence electrons. The molecule has 0 N–H and O–H groups in total. The average molecular weight is 816 g/mol. The van der Waals surface area contributed by atoms with Crippen molar-refractivity contribution in [1.29, 1.82) is 0 Å². The zero-order valence-electron chi connectivity index (χ0n) is 34.6. The van der Waals surface area contributed by atoms with E-state index in [4.69, 9.17) is 15.0 Å². The molecule has 0 amide bonds. The molecule has 0 saturated heterocycles. The van der Waals surface area contributed by atoms with Crippen molar-refractivity contribution in [3.8, 4) is 39.5 Å². The van der Waals surface area contributed by atoms with Crippen molar-refractivity contribution in [2.45, 2.75) is 0 Å². The summed E-state index contributed by atoms with van der Waals surface area (Å²) in [5.41, 5.74) is 20.6. The highest BCUT2D eigenvalue weighted by Gasteiger charge is 2.15. The van der Waals surface area contributed by atoms with Crippen LogP contribution in [0.25, 0.3) is 94.3 Å². The molecule has 7 aromatic carbocycles. The molecule has 5 nitrogen and oxygen atoms in total. The summed E-state index contributed by atoms with van der Waals surface area (Å²) in [5.74, 6) is 0. The number of hydrogen-bond acceptors (Lipinski definition) is 4. The Morgan fingerprint density at radius 2 is 1.06 bits per heavy atom. The summed E-state index contributed by atoms with van der Waals surface area (Å²) >= 11 is 0. The predicted molar refractivity (Wildman–Crippen MR) is 264 cm³/mol. The van der Waals surface area contributed by atoms with Gasteiger partial charge in [0.2, 0.25) is 0 Å². The van der Waals surface area contributed by atoms with Crippen LogP contribution in [-0.4, -0.2) is 25.2 Å². The molecule has 11 aromatic rings. The Kier molecular flexibility index (Phi) is 9.03. The maximum Gasteiger partial charge on any atom is 0.0893 e. The molecule has 1 aliphatic rings. The van der Waals surface area contributed by atoms with Crippen molar-refractivity contribution < 1.29 is 0 Å². The molecule has 12 rings (SSSR count). The minimum absolute atomic E-state index is 0.856. The van der Waals surface area contributed by atoms with E-state index in [1.165, 1.54) is 21.8 Å². The molecule has 64 heavy (non-hydrogen) atoms. The Morgan fingerprint density at radius 3 is 1.88 bits per heavy atom. The molecule has 5 heteroatoms. The number of hydrogen-bond donors (Lipinski definition) is 0. The van der Waals surface area contributed by atoms with Crippen LogP contribution in [0.4, 0.5) is 0 Å². The smallest absolute Gasteiger partial charge is 0.0893 e. The number of allylic oxidation sites excluding steroid dienone is 2. The zero-order chi connectivity index (χ0) is 42.4. The third-order valence-electron chi connectivity index (χ3n) is 12.1. The van der Waals surface area contributed by atoms with E-state index in [1.807, 2.05) is 48.5 Å². The number of nitrogens with zero attached hydrogens (tertiary/aromatic N) is 5. The van der Waals surface area contributed by atoms with Gasteiger partial charge in [-0.1, -0.05) is 140 Å². The summed E-state index contributed by atoms with van der Waals surface area (Å²) in [4.78, 5) is 19.8. The average Bonchev–Trinajstić information content (AvgIpc) is 3.53. The minimum atomic E-state index is 0.856. The molecule has 0 aliphatic carbocycles. The first kappa shape index (κ1) is 37.0. The Labute approximate surface area is 370 Å². The number of aliphatic imine (C=N–C) groups is 1. The second-order valence-corrected chi connectivity index (χ2v) is 16.0. The van der Waals surface area contributed by atoms with Crippen molar-refractivity contribution in [1.82, 2.24) is 19.5 Å². The SMILES string of the molecule is C1=CC(c2ccccc2)=NC(c2ccc(-c3ccc4cc(-c5ccc6ccc(-c7ccccn7)nc6c5)ccc4n3)cc2)=CC=1c1cccc(-n2c3ccccc3c3ccccc32)c1. The molecule has 0 atom stereocenters. The fourth-order valence-electron chi connectivity index (χ4n) is 8.83. The van der Waals surface area contributed by atoms with Gasteiger partial charge >= 0.3 is 0 Å². The summed E-state index contributed by atoms with van der Waals surface area (Å²) in [6.45, 7) is 0. The Morgan fingerprint density at radius 1 is 0.406 bits per heavy atom. The van der Waals surface area contributed by atoms with E-state index in [1.54, 1.807) is 6.20 Å². The number of fused-ring (bicyclic) bond motifs is 5. The topological polar surface area (TPSA) is 56.0 Å². The Bertz CT molecular complexity index is 3690. The van der Waals surface area contributed by atoms with E-state index in [2.05, 4.69) is 185 Å². The first-order valence-electron chi connectivity index (χ1n) is 21.4. The van der Waals surface area contributed by atoms with E-state index in [-0.39, 0.29) is 0 Å². The normalized spacial score (nSPS) is 12.7. The highest BCUT2D eigenvalue weighted by molar-refractivity contribution is 6.13. The van der Waals surface area contributed by atoms with Crippen molar-refractivity contribution >= 4 is 60.6 Å². The molecule has 0 bridgehead atoms. The first-order valence-corrected chi connectivity index (χ1v) is 21.4. The van der Waals surface area contributed by atoms with Gasteiger partial charge in [0, 0.05) is 61.8 Å². The van der Waals surface area contributed by atoms with E-state index >= 15 is 0 Å². The maximum absolute atomic E-state index is 5.27. The predicted octanol–water partition coefficient (Wildman–Crippen LogP) is 14.4. The lowest BCUT2D eigenvalue weighted by atomic mass is 10.00. The minimum Gasteiger partial charge on any atom is -0.309 e. The second-order valence-electron chi connectivity index (χ2n) is 16.0. The lowest BCUT2D eigenvalue weighted by Crippen LogP contribution is -1.96. The fraction of sp³-hybridized carbons (Fsp3) is 0. The van der Waals surface area contributed by atoms with E-state index in [0.717, 1.165) is 94.9 Å². The number of pyridine rings is 3. The quantitative estimate of drug-likeness (QED) is 0.151. The van der Waals surface area contributed by atoms with Crippen LogP contribution in [-0.2, 0) is 0 Å². The van der Waals surface area contributed by atoms with Crippen molar-refractivity contribution in [3.63, 3.8) is 0 Å². The van der Waals surface area contributed by atoms with Crippen molar-refractivity contribution in [2.75, 3.05) is 0 Å². The number of para-hydroxylation sites is 2. The molecule has 0 unspecified atom stereocenters. The fourth-order valence-corrected chi connectivity index (χ4v) is 8.83. The van der Waals surface area contributed by atoms with E-state index < -0.39 is 0 Å². The summed E-state index contributed by atoms with van der Waals surface area (Å²) < 4.78 is 2.35.